The van der Waals surface area contributed by atoms with Crippen LogP contribution in [0.2, 0.25) is 0 Å². The second kappa shape index (κ2) is 25.4. The second-order valence-corrected chi connectivity index (χ2v) is 21.0. The molecule has 0 saturated carbocycles. The van der Waals surface area contributed by atoms with Crippen molar-refractivity contribution < 1.29 is 41.4 Å². The third-order valence-electron chi connectivity index (χ3n) is 11.8. The molecule has 4 N–H and O–H groups in total. The van der Waals surface area contributed by atoms with E-state index in [-0.39, 0.29) is 113 Å². The fourth-order valence-corrected chi connectivity index (χ4v) is 9.69. The number of nitrogens with one attached hydrogen (secondary N) is 4. The Morgan fingerprint density at radius 2 is 1.63 bits per heavy atom. The molecule has 2 amide bonds. The van der Waals surface area contributed by atoms with Crippen LogP contribution in [0.1, 0.15) is 84.5 Å². The first-order valence-electron chi connectivity index (χ1n) is 22.2. The first kappa shape index (κ1) is 58.3. The molecule has 384 valence electrons. The highest BCUT2D eigenvalue weighted by molar-refractivity contribution is 7.92. The molecule has 23 heteroatoms. The smallest absolute Gasteiger partial charge is 0.246 e. The van der Waals surface area contributed by atoms with E-state index in [0.29, 0.717) is 51.8 Å². The van der Waals surface area contributed by atoms with Crippen molar-refractivity contribution in [3.63, 3.8) is 0 Å². The first-order chi connectivity index (χ1) is 32.4. The van der Waals surface area contributed by atoms with Crippen LogP contribution < -0.4 is 25.4 Å². The molecule has 1 aliphatic rings. The van der Waals surface area contributed by atoms with Crippen LogP contribution in [0.25, 0.3) is 10.9 Å². The summed E-state index contributed by atoms with van der Waals surface area (Å²) in [7, 11) is -2.21. The highest BCUT2D eigenvalue weighted by Crippen LogP contribution is 2.38. The molecular weight excluding hydrogens is 1010 g/mol. The number of ether oxygens (including phenoxy) is 3. The van der Waals surface area contributed by atoms with Gasteiger partial charge in [0.2, 0.25) is 17.6 Å². The van der Waals surface area contributed by atoms with Crippen LogP contribution in [0, 0.1) is 19.7 Å². The van der Waals surface area contributed by atoms with Gasteiger partial charge in [-0.3, -0.25) is 19.5 Å². The Labute approximate surface area is 438 Å². The molecule has 1 saturated heterocycles. The number of likely N-dealkylation sites (N-methyl/N-ethyl adjacent to an activating group) is 1. The van der Waals surface area contributed by atoms with Crippen LogP contribution in [-0.2, 0) is 30.6 Å². The topological polar surface area (TPSA) is 220 Å². The number of fused-ring (bicyclic) bond motifs is 1. The summed E-state index contributed by atoms with van der Waals surface area (Å²) < 4.78 is 57.8. The quantitative estimate of drug-likeness (QED) is 0.0451. The molecule has 1 aliphatic heterocycles. The van der Waals surface area contributed by atoms with Crippen molar-refractivity contribution in [2.75, 3.05) is 45.3 Å². The lowest BCUT2D eigenvalue weighted by molar-refractivity contribution is -0.137. The number of aromatic amines is 1. The summed E-state index contributed by atoms with van der Waals surface area (Å²) in [6.45, 7) is 11.5. The Kier molecular flexibility index (Phi) is 20.8. The van der Waals surface area contributed by atoms with Crippen molar-refractivity contribution in [1.29, 1.82) is 0 Å². The number of rotatable bonds is 20. The highest BCUT2D eigenvalue weighted by Gasteiger charge is 2.38. The molecule has 71 heavy (non-hydrogen) atoms. The summed E-state index contributed by atoms with van der Waals surface area (Å²) in [6.07, 6.45) is 2.97. The molecule has 4 heterocycles. The number of hydrogen-bond donors (Lipinski definition) is 4. The maximum absolute atomic E-state index is 14.3. The van der Waals surface area contributed by atoms with Gasteiger partial charge in [-0.25, -0.2) is 27.8 Å². The number of aromatic nitrogens is 5. The maximum atomic E-state index is 14.3. The summed E-state index contributed by atoms with van der Waals surface area (Å²) in [6, 6.07) is 13.9. The van der Waals surface area contributed by atoms with Crippen LogP contribution in [-0.4, -0.2) is 113 Å². The van der Waals surface area contributed by atoms with E-state index < -0.39 is 32.5 Å². The normalized spacial score (nSPS) is 14.4. The number of anilines is 2. The Morgan fingerprint density at radius 1 is 0.944 bits per heavy atom. The largest absolute Gasteiger partial charge is 0.491 e. The van der Waals surface area contributed by atoms with Gasteiger partial charge >= 0.3 is 0 Å². The zero-order valence-electron chi connectivity index (χ0n) is 40.5. The Hall–Kier alpha value is -5.30. The number of benzene rings is 3. The third kappa shape index (κ3) is 13.8. The Morgan fingerprint density at radius 3 is 2.28 bits per heavy atom. The minimum Gasteiger partial charge on any atom is -0.491 e. The SMILES string of the molecule is CN[C@@H](C)C(=O)N[C@@H](Cc1ccc(OCCOCCOc2cc3ncnc(Nc4n[nH]c(C)c4C)c3cc2S(=O)(=O)C(C)(C)C)cc1)C(=O)N1CCC[C@H]1c1nc(C(=O)c2ccc(F)cc2)cs1.S.S.S. The second-order valence-electron chi connectivity index (χ2n) is 17.4. The number of H-pyrrole nitrogens is 1. The number of halogens is 1. The van der Waals surface area contributed by atoms with Crippen LogP contribution in [0.15, 0.2) is 77.3 Å². The van der Waals surface area contributed by atoms with Gasteiger partial charge in [0.15, 0.2) is 15.7 Å². The molecular formula is C48H62FN9O8S5. The molecule has 3 aromatic heterocycles. The third-order valence-corrected chi connectivity index (χ3v) is 15.2. The van der Waals surface area contributed by atoms with Crippen molar-refractivity contribution in [2.45, 2.75) is 88.6 Å². The van der Waals surface area contributed by atoms with Gasteiger partial charge in [-0.05, 0) is 109 Å². The maximum Gasteiger partial charge on any atom is 0.246 e. The van der Waals surface area contributed by atoms with E-state index in [4.69, 9.17) is 14.2 Å². The zero-order chi connectivity index (χ0) is 48.8. The van der Waals surface area contributed by atoms with Gasteiger partial charge in [-0.15, -0.1) is 11.3 Å². The summed E-state index contributed by atoms with van der Waals surface area (Å²) in [5.74, 6) is 0.330. The number of likely N-dealkylation sites (tertiary alicyclic amines) is 1. The van der Waals surface area contributed by atoms with E-state index in [1.807, 2.05) is 26.0 Å². The molecule has 7 rings (SSSR count). The Balaban J connectivity index is 0.00000365. The molecule has 3 atom stereocenters. The standard InChI is InChI=1S/C48H56FN9O8S2.3H2S/c1-28-29(2)56-57-43(28)55-44-35-24-41(68(62,63)48(4,5)6)40(25-36(35)51-27-52-44)66-22-20-64-19-21-65-34-16-10-31(11-17-34)23-37(53-45(60)30(3)50-7)47(61)58-18-8-9-39(58)46-54-38(26-67-46)42(59)32-12-14-33(49)15-13-32;;;/h10-17,24-27,30,37,39,50H,8-9,18-23H2,1-7H3,(H,53,60)(H2,51,52,55,56,57);3*1H2/t30-,37-,39-;;;/m0.../s1. The van der Waals surface area contributed by atoms with Crippen molar-refractivity contribution in [2.24, 2.45) is 0 Å². The predicted octanol–water partition coefficient (Wildman–Crippen LogP) is 6.92. The Bertz CT molecular complexity index is 2880. The van der Waals surface area contributed by atoms with Gasteiger partial charge in [-0.2, -0.15) is 45.6 Å². The number of aryl methyl sites for hydroxylation is 1. The van der Waals surface area contributed by atoms with Crippen LogP contribution >= 0.6 is 51.8 Å². The lowest BCUT2D eigenvalue weighted by Gasteiger charge is -2.29. The van der Waals surface area contributed by atoms with Crippen molar-refractivity contribution in [3.05, 3.63) is 111 Å². The molecule has 0 aliphatic carbocycles. The average Bonchev–Trinajstić information content (AvgIpc) is 4.09. The fourth-order valence-electron chi connectivity index (χ4n) is 7.43. The number of amides is 2. The lowest BCUT2D eigenvalue weighted by Crippen LogP contribution is -2.53. The molecule has 0 bridgehead atoms. The van der Waals surface area contributed by atoms with E-state index in [1.165, 1.54) is 48.0 Å². The molecule has 3 aromatic carbocycles. The molecule has 6 aromatic rings. The van der Waals surface area contributed by atoms with E-state index >= 15 is 0 Å². The van der Waals surface area contributed by atoms with Gasteiger partial charge in [0.1, 0.15) is 64.3 Å². The summed E-state index contributed by atoms with van der Waals surface area (Å²) in [5, 5.41) is 19.1. The van der Waals surface area contributed by atoms with E-state index in [0.717, 1.165) is 23.2 Å². The molecule has 1 fully saturated rings. The van der Waals surface area contributed by atoms with Gasteiger partial charge in [0.05, 0.1) is 35.6 Å². The number of ketones is 1. The number of hydrogen-bond acceptors (Lipinski definition) is 15. The minimum atomic E-state index is -3.88. The summed E-state index contributed by atoms with van der Waals surface area (Å²) in [5.41, 5.74) is 3.61. The van der Waals surface area contributed by atoms with E-state index in [9.17, 15) is 27.2 Å². The van der Waals surface area contributed by atoms with E-state index in [1.54, 1.807) is 63.2 Å². The number of nitrogens with zero attached hydrogens (tertiary/aromatic N) is 5. The average molecular weight is 1070 g/mol. The minimum absolute atomic E-state index is 0. The monoisotopic (exact) mass is 1070 g/mol. The molecule has 17 nitrogen and oxygen atoms in total. The van der Waals surface area contributed by atoms with Crippen LogP contribution in [0.3, 0.4) is 0 Å². The zero-order valence-corrected chi connectivity index (χ0v) is 45.1. The molecule has 0 unspecified atom stereocenters. The van der Waals surface area contributed by atoms with Crippen LogP contribution in [0.4, 0.5) is 16.0 Å². The first-order valence-corrected chi connectivity index (χ1v) is 24.6. The number of sulfone groups is 1. The van der Waals surface area contributed by atoms with E-state index in [2.05, 4.69) is 41.1 Å². The fraction of sp³-hybridized carbons (Fsp3) is 0.396. The van der Waals surface area contributed by atoms with Gasteiger partial charge in [-0.1, -0.05) is 12.1 Å². The molecule has 0 spiro atoms. The number of thiazole rings is 1. The van der Waals surface area contributed by atoms with Gasteiger partial charge in [0.25, 0.3) is 0 Å². The van der Waals surface area contributed by atoms with Crippen molar-refractivity contribution in [3.8, 4) is 11.5 Å². The van der Waals surface area contributed by atoms with Gasteiger partial charge in [0, 0.05) is 46.6 Å². The van der Waals surface area contributed by atoms with Gasteiger partial charge < -0.3 is 35.1 Å². The molecule has 0 radical (unpaired) electrons. The summed E-state index contributed by atoms with van der Waals surface area (Å²) >= 11 is 1.29. The number of carbonyl (C=O) groups excluding carboxylic acids is 3. The highest BCUT2D eigenvalue weighted by atomic mass is 32.2. The lowest BCUT2D eigenvalue weighted by atomic mass is 10.0. The number of carbonyl (C=O) groups is 3. The predicted molar refractivity (Wildman–Crippen MR) is 287 cm³/mol. The summed E-state index contributed by atoms with van der Waals surface area (Å²) in [4.78, 5) is 55.6. The van der Waals surface area contributed by atoms with Crippen molar-refractivity contribution in [1.82, 2.24) is 40.7 Å². The van der Waals surface area contributed by atoms with Crippen LogP contribution in [0.5, 0.6) is 11.5 Å². The van der Waals surface area contributed by atoms with Crippen molar-refractivity contribution >= 4 is 102 Å².